The molecule has 1 aromatic carbocycles. The van der Waals surface area contributed by atoms with Crippen LogP contribution < -0.4 is 5.32 Å². The van der Waals surface area contributed by atoms with E-state index in [1.165, 1.54) is 25.5 Å². The molecule has 0 radical (unpaired) electrons. The van der Waals surface area contributed by atoms with Crippen molar-refractivity contribution < 1.29 is 26.7 Å². The first kappa shape index (κ1) is 23.0. The van der Waals surface area contributed by atoms with Crippen LogP contribution in [0.3, 0.4) is 0 Å². The predicted octanol–water partition coefficient (Wildman–Crippen LogP) is 5.12. The molecule has 33 heavy (non-hydrogen) atoms. The number of halogens is 6. The molecule has 6 nitrogen and oxygen atoms in total. The van der Waals surface area contributed by atoms with Crippen LogP contribution in [0.2, 0.25) is 5.02 Å². The number of hydrogen-bond donors (Lipinski definition) is 1. The summed E-state index contributed by atoms with van der Waals surface area (Å²) in [7, 11) is 1.22. The summed E-state index contributed by atoms with van der Waals surface area (Å²) >= 11 is 6.16. The summed E-state index contributed by atoms with van der Waals surface area (Å²) in [6.07, 6.45) is -0.338. The molecule has 1 saturated carbocycles. The summed E-state index contributed by atoms with van der Waals surface area (Å²) in [6.45, 7) is 3.37. The van der Waals surface area contributed by atoms with E-state index in [4.69, 9.17) is 11.6 Å². The number of nitrogens with zero attached hydrogens (tertiary/aromatic N) is 4. The highest BCUT2D eigenvalue weighted by Gasteiger charge is 2.61. The molecule has 12 heteroatoms. The molecule has 0 aliphatic heterocycles. The van der Waals surface area contributed by atoms with Crippen LogP contribution in [0, 0.1) is 0 Å². The summed E-state index contributed by atoms with van der Waals surface area (Å²) in [4.78, 5) is 12.4. The minimum Gasteiger partial charge on any atom is -0.349 e. The zero-order valence-corrected chi connectivity index (χ0v) is 17.9. The monoisotopic (exact) mass is 485 g/mol. The average Bonchev–Trinajstić information content (AvgIpc) is 3.29. The maximum atomic E-state index is 14.0. The highest BCUT2D eigenvalue weighted by Crippen LogP contribution is 2.45. The fourth-order valence-electron chi connectivity index (χ4n) is 3.31. The van der Waals surface area contributed by atoms with Crippen LogP contribution in [-0.2, 0) is 13.0 Å². The lowest BCUT2D eigenvalue weighted by Crippen LogP contribution is -2.34. The number of alkyl halides is 5. The van der Waals surface area contributed by atoms with E-state index in [2.05, 4.69) is 22.1 Å². The summed E-state index contributed by atoms with van der Waals surface area (Å²) in [6, 6.07) is 4.86. The van der Waals surface area contributed by atoms with Crippen molar-refractivity contribution in [3.05, 3.63) is 59.0 Å². The zero-order valence-electron chi connectivity index (χ0n) is 17.1. The third-order valence-corrected chi connectivity index (χ3v) is 5.50. The highest BCUT2D eigenvalue weighted by molar-refractivity contribution is 6.34. The van der Waals surface area contributed by atoms with Crippen LogP contribution in [0.1, 0.15) is 34.5 Å². The fraction of sp³-hybridized carbons (Fsp3) is 0.286. The van der Waals surface area contributed by atoms with Crippen molar-refractivity contribution in [2.24, 2.45) is 7.05 Å². The second-order valence-corrected chi connectivity index (χ2v) is 8.01. The van der Waals surface area contributed by atoms with Gasteiger partial charge in [0.2, 0.25) is 0 Å². The van der Waals surface area contributed by atoms with Crippen LogP contribution >= 0.6 is 11.6 Å². The van der Waals surface area contributed by atoms with Gasteiger partial charge in [-0.3, -0.25) is 4.79 Å². The van der Waals surface area contributed by atoms with Crippen LogP contribution in [-0.4, -0.2) is 37.7 Å². The Balaban J connectivity index is 1.73. The molecular weight excluding hydrogens is 469 g/mol. The Hall–Kier alpha value is -3.21. The van der Waals surface area contributed by atoms with Gasteiger partial charge in [0.1, 0.15) is 0 Å². The van der Waals surface area contributed by atoms with E-state index >= 15 is 0 Å². The van der Waals surface area contributed by atoms with Gasteiger partial charge in [0.05, 0.1) is 16.8 Å². The molecule has 0 bridgehead atoms. The SMILES string of the molecule is C=Cc1c(C(F)(F)C(F)(F)F)nn(C)c1-n1cc(-c2ccc(Cl)c(C(=O)NC3CC3)c2)cn1. The molecule has 2 aromatic heterocycles. The molecule has 2 heterocycles. The minimum absolute atomic E-state index is 0.129. The van der Waals surface area contributed by atoms with Gasteiger partial charge < -0.3 is 5.32 Å². The molecule has 1 amide bonds. The summed E-state index contributed by atoms with van der Waals surface area (Å²) in [5.41, 5.74) is -0.685. The second-order valence-electron chi connectivity index (χ2n) is 7.60. The third kappa shape index (κ3) is 4.12. The van der Waals surface area contributed by atoms with Crippen LogP contribution in [0.4, 0.5) is 22.0 Å². The number of hydrogen-bond acceptors (Lipinski definition) is 3. The number of rotatable bonds is 6. The molecule has 3 aromatic rings. The van der Waals surface area contributed by atoms with Gasteiger partial charge in [-0.05, 0) is 30.5 Å². The van der Waals surface area contributed by atoms with Crippen molar-refractivity contribution in [1.82, 2.24) is 24.9 Å². The third-order valence-electron chi connectivity index (χ3n) is 5.17. The van der Waals surface area contributed by atoms with E-state index < -0.39 is 23.4 Å². The normalized spacial score (nSPS) is 14.4. The zero-order chi connectivity index (χ0) is 24.1. The van der Waals surface area contributed by atoms with Crippen molar-refractivity contribution in [3.8, 4) is 16.9 Å². The van der Waals surface area contributed by atoms with Gasteiger partial charge in [0.25, 0.3) is 5.91 Å². The lowest BCUT2D eigenvalue weighted by atomic mass is 10.1. The van der Waals surface area contributed by atoms with Gasteiger partial charge in [0.15, 0.2) is 11.5 Å². The molecule has 1 N–H and O–H groups in total. The number of nitrogens with one attached hydrogen (secondary N) is 1. The van der Waals surface area contributed by atoms with Crippen molar-refractivity contribution in [2.45, 2.75) is 31.0 Å². The van der Waals surface area contributed by atoms with Gasteiger partial charge >= 0.3 is 12.1 Å². The molecule has 0 spiro atoms. The maximum absolute atomic E-state index is 14.0. The van der Waals surface area contributed by atoms with E-state index in [1.54, 1.807) is 12.1 Å². The van der Waals surface area contributed by atoms with Crippen molar-refractivity contribution >= 4 is 23.6 Å². The first-order chi connectivity index (χ1) is 15.4. The van der Waals surface area contributed by atoms with Crippen molar-refractivity contribution in [3.63, 3.8) is 0 Å². The Bertz CT molecular complexity index is 1240. The second kappa shape index (κ2) is 7.98. The lowest BCUT2D eigenvalue weighted by molar-refractivity contribution is -0.291. The van der Waals surface area contributed by atoms with Gasteiger partial charge in [-0.1, -0.05) is 30.3 Å². The lowest BCUT2D eigenvalue weighted by Gasteiger charge is -2.18. The highest BCUT2D eigenvalue weighted by atomic mass is 35.5. The number of amides is 1. The standard InChI is InChI=1S/C21H17ClF5N5O/c1-3-14-17(20(23,24)21(25,26)27)30-31(2)19(14)32-10-12(9-28-32)11-4-7-16(22)15(8-11)18(33)29-13-5-6-13/h3-4,7-10,13H,1,5-6H2,2H3,(H,29,33). The summed E-state index contributed by atoms with van der Waals surface area (Å²) < 4.78 is 68.8. The number of aryl methyl sites for hydroxylation is 1. The molecule has 0 atom stereocenters. The van der Waals surface area contributed by atoms with Crippen LogP contribution in [0.5, 0.6) is 0 Å². The predicted molar refractivity (Wildman–Crippen MR) is 111 cm³/mol. The van der Waals surface area contributed by atoms with Gasteiger partial charge in [-0.15, -0.1) is 0 Å². The number of carbonyl (C=O) groups is 1. The van der Waals surface area contributed by atoms with Crippen molar-refractivity contribution in [2.75, 3.05) is 0 Å². The molecule has 4 rings (SSSR count). The van der Waals surface area contributed by atoms with Gasteiger partial charge in [-0.2, -0.15) is 32.1 Å². The topological polar surface area (TPSA) is 64.7 Å². The molecule has 0 saturated heterocycles. The molecule has 1 fully saturated rings. The van der Waals surface area contributed by atoms with E-state index in [0.29, 0.717) is 11.1 Å². The quantitative estimate of drug-likeness (QED) is 0.493. The largest absolute Gasteiger partial charge is 0.459 e. The van der Waals surface area contributed by atoms with Gasteiger partial charge in [0, 0.05) is 30.4 Å². The molecule has 174 valence electrons. The summed E-state index contributed by atoms with van der Waals surface area (Å²) in [5, 5.41) is 10.6. The first-order valence-corrected chi connectivity index (χ1v) is 10.1. The molecule has 1 aliphatic carbocycles. The number of carbonyl (C=O) groups excluding carboxylic acids is 1. The smallest absolute Gasteiger partial charge is 0.349 e. The first-order valence-electron chi connectivity index (χ1n) is 9.74. The Labute approximate surface area is 189 Å². The average molecular weight is 486 g/mol. The van der Waals surface area contributed by atoms with E-state index in [1.807, 2.05) is 0 Å². The summed E-state index contributed by atoms with van der Waals surface area (Å²) in [5.74, 6) is -5.63. The Morgan fingerprint density at radius 3 is 2.55 bits per heavy atom. The number of benzene rings is 1. The Kier molecular flexibility index (Phi) is 5.55. The van der Waals surface area contributed by atoms with Crippen LogP contribution in [0.15, 0.2) is 37.2 Å². The van der Waals surface area contributed by atoms with E-state index in [0.717, 1.165) is 28.3 Å². The molecule has 1 aliphatic rings. The van der Waals surface area contributed by atoms with Crippen LogP contribution in [0.25, 0.3) is 23.0 Å². The maximum Gasteiger partial charge on any atom is 0.459 e. The van der Waals surface area contributed by atoms with Crippen molar-refractivity contribution in [1.29, 1.82) is 0 Å². The Morgan fingerprint density at radius 1 is 1.24 bits per heavy atom. The minimum atomic E-state index is -5.83. The van der Waals surface area contributed by atoms with Gasteiger partial charge in [-0.25, -0.2) is 9.36 Å². The molecule has 0 unspecified atom stereocenters. The van der Waals surface area contributed by atoms with E-state index in [9.17, 15) is 26.7 Å². The Morgan fingerprint density at radius 2 is 1.94 bits per heavy atom. The fourth-order valence-corrected chi connectivity index (χ4v) is 3.52. The van der Waals surface area contributed by atoms with E-state index in [-0.39, 0.29) is 28.4 Å². The number of aromatic nitrogens is 4. The molecular formula is C21H17ClF5N5O.